The van der Waals surface area contributed by atoms with E-state index in [0.717, 1.165) is 0 Å². The smallest absolute Gasteiger partial charge is 0.407 e. The van der Waals surface area contributed by atoms with Crippen LogP contribution >= 0.6 is 0 Å². The van der Waals surface area contributed by atoms with Gasteiger partial charge in [0.1, 0.15) is 5.60 Å². The van der Waals surface area contributed by atoms with E-state index in [2.05, 4.69) is 5.32 Å². The van der Waals surface area contributed by atoms with Gasteiger partial charge in [0, 0.05) is 6.54 Å². The molecular weight excluding hydrogens is 141 g/mol. The van der Waals surface area contributed by atoms with Crippen LogP contribution in [0.25, 0.3) is 0 Å². The average molecular weight is 155 g/mol. The number of hydrogen-bond donors (Lipinski definition) is 1. The van der Waals surface area contributed by atoms with Gasteiger partial charge in [-0.05, 0) is 20.8 Å². The number of carbonyl (C=O) groups is 1. The van der Waals surface area contributed by atoms with E-state index in [4.69, 9.17) is 12.6 Å². The number of rotatable bonds is 2. The second kappa shape index (κ2) is 4.26. The largest absolute Gasteiger partial charge is 0.444 e. The Labute approximate surface area is 68.9 Å². The predicted octanol–water partition coefficient (Wildman–Crippen LogP) is 1.10. The van der Waals surface area contributed by atoms with Crippen LogP contribution in [0.3, 0.4) is 0 Å². The Bertz CT molecular complexity index is 131. The summed E-state index contributed by atoms with van der Waals surface area (Å²) in [4.78, 5) is 10.8. The van der Waals surface area contributed by atoms with Gasteiger partial charge >= 0.3 is 6.09 Å². The zero-order valence-electron chi connectivity index (χ0n) is 7.31. The Kier molecular flexibility index (Phi) is 4.00. The third kappa shape index (κ3) is 7.23. The molecule has 2 radical (unpaired) electrons. The molecule has 0 aliphatic carbocycles. The maximum atomic E-state index is 10.8. The van der Waals surface area contributed by atoms with Crippen LogP contribution in [0.15, 0.2) is 0 Å². The molecule has 0 fully saturated rings. The van der Waals surface area contributed by atoms with Gasteiger partial charge in [0.25, 0.3) is 0 Å². The van der Waals surface area contributed by atoms with E-state index in [9.17, 15) is 4.79 Å². The van der Waals surface area contributed by atoms with Gasteiger partial charge in [-0.25, -0.2) is 4.79 Å². The van der Waals surface area contributed by atoms with Crippen LogP contribution in [0.4, 0.5) is 4.79 Å². The highest BCUT2D eigenvalue weighted by Crippen LogP contribution is 2.05. The average Bonchev–Trinajstić information content (AvgIpc) is 1.79. The zero-order valence-corrected chi connectivity index (χ0v) is 7.31. The van der Waals surface area contributed by atoms with E-state index in [1.807, 2.05) is 20.8 Å². The van der Waals surface area contributed by atoms with Crippen LogP contribution in [0, 0.1) is 0 Å². The van der Waals surface area contributed by atoms with E-state index >= 15 is 0 Å². The van der Waals surface area contributed by atoms with E-state index in [-0.39, 0.29) is 0 Å². The number of hydrogen-bond acceptors (Lipinski definition) is 2. The van der Waals surface area contributed by atoms with Crippen molar-refractivity contribution in [3.05, 3.63) is 0 Å². The molecule has 0 atom stereocenters. The third-order valence-corrected chi connectivity index (χ3v) is 0.813. The highest BCUT2D eigenvalue weighted by Gasteiger charge is 2.14. The molecule has 1 N–H and O–H groups in total. The molecule has 4 heteroatoms. The van der Waals surface area contributed by atoms with E-state index < -0.39 is 11.7 Å². The molecule has 1 amide bonds. The lowest BCUT2D eigenvalue weighted by molar-refractivity contribution is 0.0531. The molecule has 0 spiro atoms. The fraction of sp³-hybridized carbons (Fsp3) is 0.857. The Morgan fingerprint density at radius 3 is 2.45 bits per heavy atom. The van der Waals surface area contributed by atoms with Gasteiger partial charge in [0.2, 0.25) is 0 Å². The second-order valence-electron chi connectivity index (χ2n) is 3.22. The summed E-state index contributed by atoms with van der Waals surface area (Å²) in [5, 5.41) is 2.50. The molecule has 0 aromatic rings. The fourth-order valence-electron chi connectivity index (χ4n) is 0.488. The first-order valence-electron chi connectivity index (χ1n) is 3.62. The van der Waals surface area contributed by atoms with Crippen LogP contribution in [-0.2, 0) is 4.74 Å². The molecule has 0 aliphatic heterocycles. The first-order chi connectivity index (χ1) is 4.95. The molecule has 0 aromatic heterocycles. The van der Waals surface area contributed by atoms with Gasteiger partial charge in [-0.1, -0.05) is 6.32 Å². The Morgan fingerprint density at radius 2 is 2.09 bits per heavy atom. The number of nitrogens with one attached hydrogen (secondary N) is 1. The van der Waals surface area contributed by atoms with Crippen molar-refractivity contribution in [2.45, 2.75) is 32.7 Å². The predicted molar refractivity (Wildman–Crippen MR) is 44.8 cm³/mol. The standard InChI is InChI=1S/C7H14BNO2/c1-7(2,3)11-6(10)9-5-4-8/h4-5H2,1-3H3,(H,9,10). The Balaban J connectivity index is 3.53. The Hall–Kier alpha value is -0.665. The summed E-state index contributed by atoms with van der Waals surface area (Å²) in [6.45, 7) is 5.90. The second-order valence-corrected chi connectivity index (χ2v) is 3.22. The number of alkyl carbamates (subject to hydrolysis) is 1. The molecule has 0 saturated carbocycles. The summed E-state index contributed by atoms with van der Waals surface area (Å²) in [6, 6.07) is 0. The van der Waals surface area contributed by atoms with Crippen molar-refractivity contribution >= 4 is 13.9 Å². The van der Waals surface area contributed by atoms with Gasteiger partial charge in [0.05, 0.1) is 7.85 Å². The minimum absolute atomic E-state index is 0.414. The van der Waals surface area contributed by atoms with Gasteiger partial charge in [0.15, 0.2) is 0 Å². The maximum Gasteiger partial charge on any atom is 0.407 e. The van der Waals surface area contributed by atoms with Crippen LogP contribution in [0.1, 0.15) is 20.8 Å². The first kappa shape index (κ1) is 10.3. The lowest BCUT2D eigenvalue weighted by Gasteiger charge is -2.19. The summed E-state index contributed by atoms with van der Waals surface area (Å²) >= 11 is 0. The first-order valence-corrected chi connectivity index (χ1v) is 3.62. The van der Waals surface area contributed by atoms with E-state index in [0.29, 0.717) is 12.9 Å². The van der Waals surface area contributed by atoms with E-state index in [1.54, 1.807) is 0 Å². The van der Waals surface area contributed by atoms with E-state index in [1.165, 1.54) is 0 Å². The quantitative estimate of drug-likeness (QED) is 0.606. The molecule has 0 aromatic carbocycles. The summed E-state index contributed by atoms with van der Waals surface area (Å²) in [5.41, 5.74) is -0.432. The molecule has 0 aliphatic rings. The van der Waals surface area contributed by atoms with Crippen molar-refractivity contribution in [1.82, 2.24) is 5.32 Å². The van der Waals surface area contributed by atoms with Crippen molar-refractivity contribution in [3.8, 4) is 0 Å². The molecule has 0 unspecified atom stereocenters. The SMILES string of the molecule is [B]CCNC(=O)OC(C)(C)C. The monoisotopic (exact) mass is 155 g/mol. The maximum absolute atomic E-state index is 10.8. The molecule has 3 nitrogen and oxygen atoms in total. The summed E-state index contributed by atoms with van der Waals surface area (Å²) in [7, 11) is 5.17. The third-order valence-electron chi connectivity index (χ3n) is 0.813. The van der Waals surface area contributed by atoms with Crippen LogP contribution in [0.2, 0.25) is 6.32 Å². The molecule has 11 heavy (non-hydrogen) atoms. The van der Waals surface area contributed by atoms with Crippen molar-refractivity contribution in [3.63, 3.8) is 0 Å². The Morgan fingerprint density at radius 1 is 1.55 bits per heavy atom. The number of carbonyl (C=O) groups excluding carboxylic acids is 1. The normalized spacial score (nSPS) is 10.8. The van der Waals surface area contributed by atoms with Crippen LogP contribution in [-0.4, -0.2) is 26.1 Å². The molecule has 0 rings (SSSR count). The van der Waals surface area contributed by atoms with Crippen molar-refractivity contribution in [1.29, 1.82) is 0 Å². The molecule has 0 saturated heterocycles. The van der Waals surface area contributed by atoms with Gasteiger partial charge in [-0.3, -0.25) is 0 Å². The summed E-state index contributed by atoms with van der Waals surface area (Å²) < 4.78 is 4.93. The molecule has 0 bridgehead atoms. The fourth-order valence-corrected chi connectivity index (χ4v) is 0.488. The zero-order chi connectivity index (χ0) is 8.91. The topological polar surface area (TPSA) is 38.3 Å². The minimum atomic E-state index is -0.432. The minimum Gasteiger partial charge on any atom is -0.444 e. The summed E-state index contributed by atoms with van der Waals surface area (Å²) in [6.07, 6.45) is 0.0159. The lowest BCUT2D eigenvalue weighted by atomic mass is 10.1. The molecule has 62 valence electrons. The highest BCUT2D eigenvalue weighted by atomic mass is 16.6. The van der Waals surface area contributed by atoms with Crippen molar-refractivity contribution in [2.75, 3.05) is 6.54 Å². The van der Waals surface area contributed by atoms with Crippen molar-refractivity contribution in [2.24, 2.45) is 0 Å². The lowest BCUT2D eigenvalue weighted by Crippen LogP contribution is -2.32. The molecule has 0 heterocycles. The van der Waals surface area contributed by atoms with Gasteiger partial charge < -0.3 is 10.1 Å². The van der Waals surface area contributed by atoms with Crippen LogP contribution in [0.5, 0.6) is 0 Å². The summed E-state index contributed by atoms with van der Waals surface area (Å²) in [5.74, 6) is 0. The van der Waals surface area contributed by atoms with Gasteiger partial charge in [-0.2, -0.15) is 0 Å². The highest BCUT2D eigenvalue weighted by molar-refractivity contribution is 6.08. The number of amides is 1. The van der Waals surface area contributed by atoms with Gasteiger partial charge in [-0.15, -0.1) is 0 Å². The van der Waals surface area contributed by atoms with Crippen molar-refractivity contribution < 1.29 is 9.53 Å². The van der Waals surface area contributed by atoms with Crippen LogP contribution < -0.4 is 5.32 Å². The molecular formula is C7H14BNO2. The number of ether oxygens (including phenoxy) is 1.